The Bertz CT molecular complexity index is 627. The molecule has 2 aromatic heterocycles. The number of aryl methyl sites for hydroxylation is 1. The van der Waals surface area contributed by atoms with Crippen LogP contribution in [0.2, 0.25) is 0 Å². The molecule has 2 aromatic rings. The minimum atomic E-state index is -1.21. The molecule has 0 radical (unpaired) electrons. The number of hydrogen-bond acceptors (Lipinski definition) is 4. The lowest BCUT2D eigenvalue weighted by atomic mass is 10.2. The van der Waals surface area contributed by atoms with Gasteiger partial charge < -0.3 is 14.8 Å². The molecule has 2 N–H and O–H groups in total. The van der Waals surface area contributed by atoms with Gasteiger partial charge in [-0.05, 0) is 19.1 Å². The van der Waals surface area contributed by atoms with Crippen LogP contribution in [0, 0.1) is 6.92 Å². The average molecular weight is 263 g/mol. The molecule has 2 heterocycles. The molecule has 0 atom stereocenters. The third-order valence-corrected chi connectivity index (χ3v) is 2.82. The topological polar surface area (TPSA) is 97.4 Å². The quantitative estimate of drug-likeness (QED) is 0.855. The van der Waals surface area contributed by atoms with Crippen LogP contribution in [0.3, 0.4) is 0 Å². The Kier molecular flexibility index (Phi) is 3.37. The van der Waals surface area contributed by atoms with Gasteiger partial charge in [-0.25, -0.2) is 4.79 Å². The Labute approximate surface area is 108 Å². The van der Waals surface area contributed by atoms with Gasteiger partial charge in [-0.2, -0.15) is 5.10 Å². The van der Waals surface area contributed by atoms with Gasteiger partial charge in [-0.1, -0.05) is 0 Å². The first-order valence-corrected chi connectivity index (χ1v) is 5.58. The molecule has 0 aliphatic carbocycles. The van der Waals surface area contributed by atoms with E-state index in [0.29, 0.717) is 6.54 Å². The van der Waals surface area contributed by atoms with E-state index in [9.17, 15) is 9.59 Å². The van der Waals surface area contributed by atoms with Crippen molar-refractivity contribution in [3.8, 4) is 0 Å². The first-order valence-electron chi connectivity index (χ1n) is 5.58. The Morgan fingerprint density at radius 3 is 2.63 bits per heavy atom. The van der Waals surface area contributed by atoms with E-state index < -0.39 is 11.9 Å². The summed E-state index contributed by atoms with van der Waals surface area (Å²) in [6.45, 7) is 2.20. The highest BCUT2D eigenvalue weighted by Gasteiger charge is 2.15. The molecule has 1 amide bonds. The number of rotatable bonds is 4. The highest BCUT2D eigenvalue weighted by Crippen LogP contribution is 2.09. The number of carbonyl (C=O) groups is 2. The van der Waals surface area contributed by atoms with E-state index in [-0.39, 0.29) is 11.5 Å². The second-order valence-electron chi connectivity index (χ2n) is 4.03. The maximum absolute atomic E-state index is 11.7. The van der Waals surface area contributed by atoms with Crippen molar-refractivity contribution in [1.82, 2.24) is 15.1 Å². The maximum atomic E-state index is 11.7. The van der Waals surface area contributed by atoms with Crippen LogP contribution >= 0.6 is 0 Å². The van der Waals surface area contributed by atoms with Crippen LogP contribution in [0.1, 0.15) is 32.4 Å². The second-order valence-corrected chi connectivity index (χ2v) is 4.03. The van der Waals surface area contributed by atoms with Crippen molar-refractivity contribution in [2.75, 3.05) is 0 Å². The van der Waals surface area contributed by atoms with E-state index in [1.54, 1.807) is 10.9 Å². The van der Waals surface area contributed by atoms with Crippen molar-refractivity contribution in [2.45, 2.75) is 13.5 Å². The third-order valence-electron chi connectivity index (χ3n) is 2.82. The van der Waals surface area contributed by atoms with Gasteiger partial charge in [0.15, 0.2) is 5.76 Å². The molecule has 0 fully saturated rings. The number of amides is 1. The van der Waals surface area contributed by atoms with Gasteiger partial charge in [0.1, 0.15) is 0 Å². The fourth-order valence-corrected chi connectivity index (χ4v) is 1.56. The van der Waals surface area contributed by atoms with Crippen molar-refractivity contribution in [3.05, 3.63) is 41.1 Å². The molecule has 0 aromatic carbocycles. The van der Waals surface area contributed by atoms with Crippen molar-refractivity contribution >= 4 is 11.9 Å². The normalized spacial score (nSPS) is 10.4. The monoisotopic (exact) mass is 263 g/mol. The molecular weight excluding hydrogens is 250 g/mol. The molecule has 0 aliphatic heterocycles. The summed E-state index contributed by atoms with van der Waals surface area (Å²) in [4.78, 5) is 22.4. The summed E-state index contributed by atoms with van der Waals surface area (Å²) in [5, 5.41) is 15.4. The Balaban J connectivity index is 2.01. The molecule has 2 rings (SSSR count). The lowest BCUT2D eigenvalue weighted by Crippen LogP contribution is -2.22. The number of carboxylic acids is 1. The number of nitrogens with one attached hydrogen (secondary N) is 1. The van der Waals surface area contributed by atoms with E-state index in [4.69, 9.17) is 9.52 Å². The molecule has 0 saturated carbocycles. The van der Waals surface area contributed by atoms with E-state index >= 15 is 0 Å². The van der Waals surface area contributed by atoms with Gasteiger partial charge in [0, 0.05) is 24.8 Å². The standard InChI is InChI=1S/C12H13N3O4/c1-7-8(6-14-15(7)2)5-13-11(16)9-3-4-10(19-9)12(17)18/h3-4,6H,5H2,1-2H3,(H,13,16)(H,17,18). The molecule has 7 heteroatoms. The predicted molar refractivity (Wildman–Crippen MR) is 64.8 cm³/mol. The van der Waals surface area contributed by atoms with E-state index in [1.807, 2.05) is 14.0 Å². The Morgan fingerprint density at radius 2 is 2.11 bits per heavy atom. The first-order chi connectivity index (χ1) is 8.99. The van der Waals surface area contributed by atoms with Crippen molar-refractivity contribution < 1.29 is 19.1 Å². The van der Waals surface area contributed by atoms with Crippen LogP contribution < -0.4 is 5.32 Å². The smallest absolute Gasteiger partial charge is 0.371 e. The summed E-state index contributed by atoms with van der Waals surface area (Å²) in [6.07, 6.45) is 1.67. The van der Waals surface area contributed by atoms with Crippen molar-refractivity contribution in [2.24, 2.45) is 7.05 Å². The molecule has 19 heavy (non-hydrogen) atoms. The van der Waals surface area contributed by atoms with Gasteiger partial charge in [0.25, 0.3) is 5.91 Å². The van der Waals surface area contributed by atoms with E-state index in [2.05, 4.69) is 10.4 Å². The zero-order valence-corrected chi connectivity index (χ0v) is 10.5. The molecule has 100 valence electrons. The summed E-state index contributed by atoms with van der Waals surface area (Å²) >= 11 is 0. The van der Waals surface area contributed by atoms with E-state index in [1.165, 1.54) is 12.1 Å². The summed E-state index contributed by atoms with van der Waals surface area (Å²) in [5.41, 5.74) is 1.84. The summed E-state index contributed by atoms with van der Waals surface area (Å²) in [7, 11) is 1.81. The highest BCUT2D eigenvalue weighted by atomic mass is 16.4. The van der Waals surface area contributed by atoms with Crippen LogP contribution in [0.15, 0.2) is 22.7 Å². The minimum Gasteiger partial charge on any atom is -0.475 e. The number of aromatic nitrogens is 2. The Hall–Kier alpha value is -2.57. The molecule has 0 spiro atoms. The molecular formula is C12H13N3O4. The van der Waals surface area contributed by atoms with Crippen LogP contribution in [-0.2, 0) is 13.6 Å². The number of nitrogens with zero attached hydrogens (tertiary/aromatic N) is 2. The Morgan fingerprint density at radius 1 is 1.42 bits per heavy atom. The van der Waals surface area contributed by atoms with Crippen molar-refractivity contribution in [3.63, 3.8) is 0 Å². The molecule has 7 nitrogen and oxygen atoms in total. The van der Waals surface area contributed by atoms with Gasteiger partial charge in [0.2, 0.25) is 5.76 Å². The minimum absolute atomic E-state index is 0.0288. The molecule has 0 saturated heterocycles. The zero-order valence-electron chi connectivity index (χ0n) is 10.5. The van der Waals surface area contributed by atoms with Gasteiger partial charge >= 0.3 is 5.97 Å². The number of furan rings is 1. The fraction of sp³-hybridized carbons (Fsp3) is 0.250. The summed E-state index contributed by atoms with van der Waals surface area (Å²) in [5.74, 6) is -1.96. The molecule has 0 aliphatic rings. The van der Waals surface area contributed by atoms with Crippen LogP contribution in [0.4, 0.5) is 0 Å². The maximum Gasteiger partial charge on any atom is 0.371 e. The molecule has 0 bridgehead atoms. The number of hydrogen-bond donors (Lipinski definition) is 2. The largest absolute Gasteiger partial charge is 0.475 e. The number of aromatic carboxylic acids is 1. The average Bonchev–Trinajstić information content (AvgIpc) is 2.97. The van der Waals surface area contributed by atoms with Crippen LogP contribution in [0.25, 0.3) is 0 Å². The zero-order chi connectivity index (χ0) is 14.0. The van der Waals surface area contributed by atoms with Gasteiger partial charge in [0.05, 0.1) is 6.20 Å². The van der Waals surface area contributed by atoms with E-state index in [0.717, 1.165) is 11.3 Å². The van der Waals surface area contributed by atoms with Gasteiger partial charge in [-0.15, -0.1) is 0 Å². The second kappa shape index (κ2) is 4.97. The predicted octanol–water partition coefficient (Wildman–Crippen LogP) is 0.950. The SMILES string of the molecule is Cc1c(CNC(=O)c2ccc(C(=O)O)o2)cnn1C. The van der Waals surface area contributed by atoms with Crippen molar-refractivity contribution in [1.29, 1.82) is 0 Å². The summed E-state index contributed by atoms with van der Waals surface area (Å²) in [6, 6.07) is 2.57. The fourth-order valence-electron chi connectivity index (χ4n) is 1.56. The van der Waals surface area contributed by atoms with Crippen LogP contribution in [0.5, 0.6) is 0 Å². The highest BCUT2D eigenvalue weighted by molar-refractivity contribution is 5.93. The molecule has 0 unspecified atom stereocenters. The third kappa shape index (κ3) is 2.65. The van der Waals surface area contributed by atoms with Crippen LogP contribution in [-0.4, -0.2) is 26.8 Å². The summed E-state index contributed by atoms with van der Waals surface area (Å²) < 4.78 is 6.60. The number of carboxylic acid groups (broad SMARTS) is 1. The lowest BCUT2D eigenvalue weighted by molar-refractivity contribution is 0.0659. The van der Waals surface area contributed by atoms with Gasteiger partial charge in [-0.3, -0.25) is 9.48 Å². The lowest BCUT2D eigenvalue weighted by Gasteiger charge is -2.02. The first kappa shape index (κ1) is 12.9. The number of carbonyl (C=O) groups excluding carboxylic acids is 1.